The molecule has 2 aromatic rings. The summed E-state index contributed by atoms with van der Waals surface area (Å²) in [4.78, 5) is 17.5. The van der Waals surface area contributed by atoms with Crippen LogP contribution in [0.4, 0.5) is 0 Å². The summed E-state index contributed by atoms with van der Waals surface area (Å²) in [5, 5.41) is 5.53. The molecule has 1 saturated carbocycles. The smallest absolute Gasteiger partial charge is 0.152 e. The van der Waals surface area contributed by atoms with Crippen LogP contribution in [0.1, 0.15) is 37.8 Å². The molecule has 2 heterocycles. The van der Waals surface area contributed by atoms with Crippen molar-refractivity contribution in [2.75, 3.05) is 32.7 Å². The lowest BCUT2D eigenvalue weighted by Crippen LogP contribution is -2.51. The third-order valence-electron chi connectivity index (χ3n) is 6.09. The maximum atomic E-state index is 12.6. The van der Waals surface area contributed by atoms with Crippen molar-refractivity contribution in [3.8, 4) is 5.69 Å². The van der Waals surface area contributed by atoms with Gasteiger partial charge in [0.05, 0.1) is 34.4 Å². The Bertz CT molecular complexity index is 839. The van der Waals surface area contributed by atoms with E-state index in [2.05, 4.69) is 14.9 Å². The third-order valence-corrected chi connectivity index (χ3v) is 6.83. The van der Waals surface area contributed by atoms with Gasteiger partial charge >= 0.3 is 0 Å². The number of hydrogen-bond acceptors (Lipinski definition) is 4. The summed E-state index contributed by atoms with van der Waals surface area (Å²) in [7, 11) is 0. The molecule has 0 bridgehead atoms. The van der Waals surface area contributed by atoms with E-state index in [1.165, 1.54) is 32.1 Å². The number of piperazine rings is 1. The molecule has 2 fully saturated rings. The van der Waals surface area contributed by atoms with E-state index in [1.54, 1.807) is 16.8 Å². The average molecular weight is 435 g/mol. The maximum Gasteiger partial charge on any atom is 0.152 e. The zero-order chi connectivity index (χ0) is 20.2. The standard InChI is InChI=1S/C22H28Cl2N4O/c23-21-7-6-19(15-22(21)24)28-9-8-17(25-28)14-20(29)16-26-10-12-27(13-11-26)18-4-2-1-3-5-18/h6-9,15,18H,1-5,10-14,16H2. The van der Waals surface area contributed by atoms with E-state index in [1.807, 2.05) is 18.3 Å². The van der Waals surface area contributed by atoms with Crippen molar-refractivity contribution >= 4 is 29.0 Å². The predicted octanol–water partition coefficient (Wildman–Crippen LogP) is 4.24. The van der Waals surface area contributed by atoms with Crippen LogP contribution in [0.2, 0.25) is 10.0 Å². The Balaban J connectivity index is 1.26. The van der Waals surface area contributed by atoms with E-state index in [0.717, 1.165) is 43.6 Å². The number of carbonyl (C=O) groups is 1. The van der Waals surface area contributed by atoms with Gasteiger partial charge in [-0.2, -0.15) is 5.10 Å². The Morgan fingerprint density at radius 1 is 1.00 bits per heavy atom. The molecule has 2 aliphatic rings. The molecule has 1 aromatic heterocycles. The summed E-state index contributed by atoms with van der Waals surface area (Å²) in [5.41, 5.74) is 1.61. The number of carbonyl (C=O) groups excluding carboxylic acids is 1. The predicted molar refractivity (Wildman–Crippen MR) is 117 cm³/mol. The largest absolute Gasteiger partial charge is 0.298 e. The molecule has 156 valence electrons. The van der Waals surface area contributed by atoms with Crippen LogP contribution in [-0.2, 0) is 11.2 Å². The highest BCUT2D eigenvalue weighted by molar-refractivity contribution is 6.42. The molecule has 7 heteroatoms. The van der Waals surface area contributed by atoms with Crippen molar-refractivity contribution in [1.29, 1.82) is 0 Å². The number of Topliss-reactive ketones (excluding diaryl/α,β-unsaturated/α-hetero) is 1. The topological polar surface area (TPSA) is 41.4 Å². The lowest BCUT2D eigenvalue weighted by atomic mass is 9.94. The Kier molecular flexibility index (Phi) is 6.91. The van der Waals surface area contributed by atoms with Crippen LogP contribution >= 0.6 is 23.2 Å². The van der Waals surface area contributed by atoms with Crippen molar-refractivity contribution in [3.63, 3.8) is 0 Å². The summed E-state index contributed by atoms with van der Waals surface area (Å²) >= 11 is 12.1. The maximum absolute atomic E-state index is 12.6. The molecular formula is C22H28Cl2N4O. The van der Waals surface area contributed by atoms with Gasteiger partial charge in [-0.3, -0.25) is 14.6 Å². The van der Waals surface area contributed by atoms with E-state index >= 15 is 0 Å². The first-order valence-corrected chi connectivity index (χ1v) is 11.3. The Morgan fingerprint density at radius 2 is 1.76 bits per heavy atom. The summed E-state index contributed by atoms with van der Waals surface area (Å²) in [5.74, 6) is 0.218. The van der Waals surface area contributed by atoms with Crippen LogP contribution in [0.15, 0.2) is 30.5 Å². The van der Waals surface area contributed by atoms with Crippen molar-refractivity contribution < 1.29 is 4.79 Å². The van der Waals surface area contributed by atoms with Gasteiger partial charge in [-0.1, -0.05) is 42.5 Å². The molecule has 0 unspecified atom stereocenters. The second-order valence-electron chi connectivity index (χ2n) is 8.17. The normalized spacial score (nSPS) is 19.5. The van der Waals surface area contributed by atoms with Crippen molar-refractivity contribution in [2.45, 2.75) is 44.6 Å². The Labute approximate surface area is 182 Å². The van der Waals surface area contributed by atoms with Crippen molar-refractivity contribution in [1.82, 2.24) is 19.6 Å². The number of nitrogens with zero attached hydrogens (tertiary/aromatic N) is 4. The van der Waals surface area contributed by atoms with Gasteiger partial charge in [0, 0.05) is 38.4 Å². The summed E-state index contributed by atoms with van der Waals surface area (Å²) < 4.78 is 1.73. The molecule has 0 radical (unpaired) electrons. The number of ketones is 1. The Hall–Kier alpha value is -1.40. The molecule has 0 amide bonds. The van der Waals surface area contributed by atoms with E-state index < -0.39 is 0 Å². The minimum Gasteiger partial charge on any atom is -0.298 e. The highest BCUT2D eigenvalue weighted by atomic mass is 35.5. The molecular weight excluding hydrogens is 407 g/mol. The molecule has 1 aromatic carbocycles. The van der Waals surface area contributed by atoms with Crippen LogP contribution in [0, 0.1) is 0 Å². The minimum atomic E-state index is 0.218. The summed E-state index contributed by atoms with van der Waals surface area (Å²) in [6.07, 6.45) is 9.05. The first kappa shape index (κ1) is 20.9. The molecule has 5 nitrogen and oxygen atoms in total. The quantitative estimate of drug-likeness (QED) is 0.681. The zero-order valence-corrected chi connectivity index (χ0v) is 18.2. The number of rotatable bonds is 6. The molecule has 0 atom stereocenters. The van der Waals surface area contributed by atoms with Gasteiger partial charge in [0.25, 0.3) is 0 Å². The fourth-order valence-corrected chi connectivity index (χ4v) is 4.76. The molecule has 0 spiro atoms. The van der Waals surface area contributed by atoms with Crippen LogP contribution in [0.5, 0.6) is 0 Å². The summed E-state index contributed by atoms with van der Waals surface area (Å²) in [6.45, 7) is 4.66. The van der Waals surface area contributed by atoms with Gasteiger partial charge in [0.2, 0.25) is 0 Å². The first-order valence-electron chi connectivity index (χ1n) is 10.6. The highest BCUT2D eigenvalue weighted by Gasteiger charge is 2.25. The lowest BCUT2D eigenvalue weighted by molar-refractivity contribution is -0.120. The van der Waals surface area contributed by atoms with E-state index in [-0.39, 0.29) is 5.78 Å². The zero-order valence-electron chi connectivity index (χ0n) is 16.7. The molecule has 1 saturated heterocycles. The second kappa shape index (κ2) is 9.61. The van der Waals surface area contributed by atoms with Crippen LogP contribution < -0.4 is 0 Å². The third kappa shape index (κ3) is 5.40. The fraction of sp³-hybridized carbons (Fsp3) is 0.545. The Morgan fingerprint density at radius 3 is 2.48 bits per heavy atom. The lowest BCUT2D eigenvalue weighted by Gasteiger charge is -2.40. The van der Waals surface area contributed by atoms with Crippen molar-refractivity contribution in [2.24, 2.45) is 0 Å². The van der Waals surface area contributed by atoms with Gasteiger partial charge < -0.3 is 0 Å². The molecule has 1 aliphatic heterocycles. The van der Waals surface area contributed by atoms with Crippen LogP contribution in [0.25, 0.3) is 5.69 Å². The monoisotopic (exact) mass is 434 g/mol. The summed E-state index contributed by atoms with van der Waals surface area (Å²) in [6, 6.07) is 8.04. The van der Waals surface area contributed by atoms with Crippen LogP contribution in [0.3, 0.4) is 0 Å². The molecule has 4 rings (SSSR count). The van der Waals surface area contributed by atoms with Gasteiger partial charge in [-0.05, 0) is 37.1 Å². The van der Waals surface area contributed by atoms with Crippen LogP contribution in [-0.4, -0.2) is 64.1 Å². The molecule has 29 heavy (non-hydrogen) atoms. The number of benzene rings is 1. The van der Waals surface area contributed by atoms with Gasteiger partial charge in [-0.15, -0.1) is 0 Å². The van der Waals surface area contributed by atoms with E-state index in [0.29, 0.717) is 23.0 Å². The van der Waals surface area contributed by atoms with Crippen molar-refractivity contribution in [3.05, 3.63) is 46.2 Å². The number of aromatic nitrogens is 2. The number of hydrogen-bond donors (Lipinski definition) is 0. The molecule has 1 aliphatic carbocycles. The molecule has 0 N–H and O–H groups in total. The van der Waals surface area contributed by atoms with Gasteiger partial charge in [0.15, 0.2) is 5.78 Å². The minimum absolute atomic E-state index is 0.218. The number of halogens is 2. The van der Waals surface area contributed by atoms with Gasteiger partial charge in [-0.25, -0.2) is 4.68 Å². The SMILES string of the molecule is O=C(Cc1ccn(-c2ccc(Cl)c(Cl)c2)n1)CN1CCN(C2CCCCC2)CC1. The van der Waals surface area contributed by atoms with E-state index in [9.17, 15) is 4.79 Å². The highest BCUT2D eigenvalue weighted by Crippen LogP contribution is 2.25. The fourth-order valence-electron chi connectivity index (χ4n) is 4.47. The van der Waals surface area contributed by atoms with E-state index in [4.69, 9.17) is 23.2 Å². The second-order valence-corrected chi connectivity index (χ2v) is 8.98. The van der Waals surface area contributed by atoms with Gasteiger partial charge in [0.1, 0.15) is 0 Å². The first-order chi connectivity index (χ1) is 14.1. The average Bonchev–Trinajstić information content (AvgIpc) is 3.19.